The summed E-state index contributed by atoms with van der Waals surface area (Å²) in [4.78, 5) is 29.3. The molecule has 0 radical (unpaired) electrons. The molecule has 0 bridgehead atoms. The molecule has 27 heavy (non-hydrogen) atoms. The van der Waals surface area contributed by atoms with Gasteiger partial charge in [-0.2, -0.15) is 0 Å². The molecule has 1 fully saturated rings. The Labute approximate surface area is 156 Å². The van der Waals surface area contributed by atoms with Crippen molar-refractivity contribution in [2.45, 2.75) is 19.4 Å². The van der Waals surface area contributed by atoms with Crippen molar-refractivity contribution >= 4 is 12.2 Å². The van der Waals surface area contributed by atoms with Crippen molar-refractivity contribution in [3.05, 3.63) is 42.5 Å². The zero-order valence-electron chi connectivity index (χ0n) is 15.0. The summed E-state index contributed by atoms with van der Waals surface area (Å²) in [7, 11) is 0. The van der Waals surface area contributed by atoms with Crippen LogP contribution in [0.15, 0.2) is 36.7 Å². The normalized spacial score (nSPS) is 17.0. The first kappa shape index (κ1) is 18.6. The molecule has 2 amide bonds. The Bertz CT molecular complexity index is 822. The lowest BCUT2D eigenvalue weighted by atomic mass is 10.1. The number of ether oxygens (including phenoxy) is 1. The largest absolute Gasteiger partial charge is 0.493 e. The van der Waals surface area contributed by atoms with Gasteiger partial charge in [-0.15, -0.1) is 0 Å². The molecule has 9 heteroatoms. The second-order valence-corrected chi connectivity index (χ2v) is 6.34. The highest BCUT2D eigenvalue weighted by Gasteiger charge is 2.32. The third-order valence-electron chi connectivity index (χ3n) is 4.64. The molecule has 0 aliphatic carbocycles. The molecule has 1 aliphatic heterocycles. The van der Waals surface area contributed by atoms with Gasteiger partial charge in [-0.25, -0.2) is 14.6 Å². The van der Waals surface area contributed by atoms with Crippen LogP contribution in [0.1, 0.15) is 12.2 Å². The Balaban J connectivity index is 1.62. The number of hydrogen-bond donors (Lipinski definition) is 2. The molecular formula is C18H22N4O5. The SMILES string of the molecule is Cc1nccn1-c1cccc(OCC[C@@H]2CN(C(=O)O)CCN2C(=O)O)c1. The number of amides is 2. The number of benzene rings is 1. The number of imidazole rings is 1. The highest BCUT2D eigenvalue weighted by Crippen LogP contribution is 2.19. The number of aryl methyl sites for hydroxylation is 1. The summed E-state index contributed by atoms with van der Waals surface area (Å²) in [6.45, 7) is 2.70. The second-order valence-electron chi connectivity index (χ2n) is 6.34. The van der Waals surface area contributed by atoms with Crippen LogP contribution in [0, 0.1) is 6.92 Å². The van der Waals surface area contributed by atoms with Gasteiger partial charge in [-0.05, 0) is 19.1 Å². The summed E-state index contributed by atoms with van der Waals surface area (Å²) in [5.41, 5.74) is 0.921. The summed E-state index contributed by atoms with van der Waals surface area (Å²) in [5.74, 6) is 1.52. The number of carbonyl (C=O) groups is 2. The number of carboxylic acid groups (broad SMARTS) is 2. The summed E-state index contributed by atoms with van der Waals surface area (Å²) in [5, 5.41) is 18.5. The van der Waals surface area contributed by atoms with Crippen molar-refractivity contribution in [1.29, 1.82) is 0 Å². The Morgan fingerprint density at radius 1 is 1.26 bits per heavy atom. The highest BCUT2D eigenvalue weighted by molar-refractivity contribution is 5.68. The summed E-state index contributed by atoms with van der Waals surface area (Å²) in [6, 6.07) is 7.11. The number of nitrogens with zero attached hydrogens (tertiary/aromatic N) is 4. The van der Waals surface area contributed by atoms with Crippen molar-refractivity contribution < 1.29 is 24.5 Å². The predicted octanol–water partition coefficient (Wildman–Crippen LogP) is 2.29. The maximum Gasteiger partial charge on any atom is 0.407 e. The van der Waals surface area contributed by atoms with Crippen LogP contribution in [0.3, 0.4) is 0 Å². The fourth-order valence-corrected chi connectivity index (χ4v) is 3.21. The van der Waals surface area contributed by atoms with Crippen LogP contribution in [-0.4, -0.2) is 74.0 Å². The van der Waals surface area contributed by atoms with Gasteiger partial charge in [0.2, 0.25) is 0 Å². The van der Waals surface area contributed by atoms with Crippen molar-refractivity contribution in [2.75, 3.05) is 26.2 Å². The Morgan fingerprint density at radius 2 is 2.07 bits per heavy atom. The molecule has 1 aliphatic rings. The number of piperazine rings is 1. The Kier molecular flexibility index (Phi) is 5.49. The summed E-state index contributed by atoms with van der Waals surface area (Å²) < 4.78 is 7.73. The van der Waals surface area contributed by atoms with Gasteiger partial charge >= 0.3 is 12.2 Å². The lowest BCUT2D eigenvalue weighted by molar-refractivity contribution is 0.0562. The van der Waals surface area contributed by atoms with Crippen LogP contribution in [0.5, 0.6) is 5.75 Å². The molecule has 9 nitrogen and oxygen atoms in total. The standard InChI is InChI=1S/C18H22N4O5/c1-13-19-6-7-21(13)14-3-2-4-16(11-14)27-10-5-15-12-20(17(23)24)8-9-22(15)18(25)26/h2-4,6-7,11,15H,5,8-10,12H2,1H3,(H,23,24)(H,25,26)/t15-/m1/s1. The zero-order chi connectivity index (χ0) is 19.4. The molecule has 2 heterocycles. The third-order valence-corrected chi connectivity index (χ3v) is 4.64. The number of rotatable bonds is 5. The molecule has 0 spiro atoms. The maximum atomic E-state index is 11.4. The molecule has 2 aromatic rings. The Morgan fingerprint density at radius 3 is 2.74 bits per heavy atom. The van der Waals surface area contributed by atoms with Gasteiger partial charge < -0.3 is 29.3 Å². The quantitative estimate of drug-likeness (QED) is 0.831. The molecule has 144 valence electrons. The van der Waals surface area contributed by atoms with Gasteiger partial charge in [0.05, 0.1) is 18.3 Å². The minimum atomic E-state index is -1.04. The topological polar surface area (TPSA) is 108 Å². The van der Waals surface area contributed by atoms with Crippen molar-refractivity contribution in [3.8, 4) is 11.4 Å². The lowest BCUT2D eigenvalue weighted by Crippen LogP contribution is -2.56. The third kappa shape index (κ3) is 4.30. The van der Waals surface area contributed by atoms with E-state index >= 15 is 0 Å². The van der Waals surface area contributed by atoms with E-state index < -0.39 is 18.2 Å². The van der Waals surface area contributed by atoms with Crippen molar-refractivity contribution in [1.82, 2.24) is 19.4 Å². The van der Waals surface area contributed by atoms with E-state index in [0.717, 1.165) is 11.5 Å². The van der Waals surface area contributed by atoms with E-state index in [1.807, 2.05) is 42.0 Å². The minimum Gasteiger partial charge on any atom is -0.493 e. The van der Waals surface area contributed by atoms with E-state index in [9.17, 15) is 14.7 Å². The van der Waals surface area contributed by atoms with Gasteiger partial charge in [0.15, 0.2) is 0 Å². The number of hydrogen-bond acceptors (Lipinski definition) is 4. The first-order chi connectivity index (χ1) is 13.0. The molecule has 1 aromatic carbocycles. The van der Waals surface area contributed by atoms with E-state index in [1.54, 1.807) is 6.20 Å². The maximum absolute atomic E-state index is 11.4. The first-order valence-electron chi connectivity index (χ1n) is 8.66. The van der Waals surface area contributed by atoms with Crippen LogP contribution in [-0.2, 0) is 0 Å². The average Bonchev–Trinajstić information content (AvgIpc) is 3.07. The van der Waals surface area contributed by atoms with Crippen LogP contribution in [0.25, 0.3) is 5.69 Å². The molecule has 2 N–H and O–H groups in total. The molecule has 0 unspecified atom stereocenters. The number of aromatic nitrogens is 2. The van der Waals surface area contributed by atoms with Gasteiger partial charge in [0.25, 0.3) is 0 Å². The van der Waals surface area contributed by atoms with Gasteiger partial charge in [-0.3, -0.25) is 0 Å². The van der Waals surface area contributed by atoms with Gasteiger partial charge in [0.1, 0.15) is 11.6 Å². The van der Waals surface area contributed by atoms with Gasteiger partial charge in [-0.1, -0.05) is 6.07 Å². The molecule has 1 aromatic heterocycles. The fraction of sp³-hybridized carbons (Fsp3) is 0.389. The van der Waals surface area contributed by atoms with Crippen LogP contribution in [0.4, 0.5) is 9.59 Å². The highest BCUT2D eigenvalue weighted by atomic mass is 16.5. The van der Waals surface area contributed by atoms with E-state index in [4.69, 9.17) is 9.84 Å². The van der Waals surface area contributed by atoms with Crippen LogP contribution < -0.4 is 4.74 Å². The molecule has 1 saturated heterocycles. The lowest BCUT2D eigenvalue weighted by Gasteiger charge is -2.38. The monoisotopic (exact) mass is 374 g/mol. The second kappa shape index (κ2) is 7.98. The van der Waals surface area contributed by atoms with Crippen LogP contribution >= 0.6 is 0 Å². The van der Waals surface area contributed by atoms with E-state index in [0.29, 0.717) is 12.2 Å². The Hall–Kier alpha value is -3.23. The van der Waals surface area contributed by atoms with E-state index in [1.165, 1.54) is 9.80 Å². The zero-order valence-corrected chi connectivity index (χ0v) is 15.0. The van der Waals surface area contributed by atoms with Crippen LogP contribution in [0.2, 0.25) is 0 Å². The predicted molar refractivity (Wildman–Crippen MR) is 96.5 cm³/mol. The van der Waals surface area contributed by atoms with Crippen molar-refractivity contribution in [3.63, 3.8) is 0 Å². The van der Waals surface area contributed by atoms with E-state index in [-0.39, 0.29) is 26.2 Å². The van der Waals surface area contributed by atoms with E-state index in [2.05, 4.69) is 4.98 Å². The first-order valence-corrected chi connectivity index (χ1v) is 8.66. The fourth-order valence-electron chi connectivity index (χ4n) is 3.21. The minimum absolute atomic E-state index is 0.152. The summed E-state index contributed by atoms with van der Waals surface area (Å²) in [6.07, 6.45) is 1.92. The smallest absolute Gasteiger partial charge is 0.407 e. The molecular weight excluding hydrogens is 352 g/mol. The molecule has 1 atom stereocenters. The van der Waals surface area contributed by atoms with Gasteiger partial charge in [0, 0.05) is 44.5 Å². The van der Waals surface area contributed by atoms with Crippen molar-refractivity contribution in [2.24, 2.45) is 0 Å². The molecule has 0 saturated carbocycles. The average molecular weight is 374 g/mol. The molecule has 3 rings (SSSR count). The summed E-state index contributed by atoms with van der Waals surface area (Å²) >= 11 is 0.